The molecule has 4 aromatic rings. The molecule has 0 aliphatic heterocycles. The Morgan fingerprint density at radius 1 is 1.25 bits per heavy atom. The van der Waals surface area contributed by atoms with E-state index in [0.29, 0.717) is 16.2 Å². The van der Waals surface area contributed by atoms with Gasteiger partial charge in [-0.2, -0.15) is 9.67 Å². The van der Waals surface area contributed by atoms with Crippen LogP contribution in [0.15, 0.2) is 64.6 Å². The topological polar surface area (TPSA) is 116 Å². The molecule has 0 atom stereocenters. The first-order valence-electron chi connectivity index (χ1n) is 8.18. The molecule has 3 heterocycles. The summed E-state index contributed by atoms with van der Waals surface area (Å²) in [5, 5.41) is 20.0. The summed E-state index contributed by atoms with van der Waals surface area (Å²) in [5.41, 5.74) is 0.665. The molecular formula is C18H13N5O4S. The fourth-order valence-electron chi connectivity index (χ4n) is 2.54. The van der Waals surface area contributed by atoms with Crippen molar-refractivity contribution in [3.63, 3.8) is 0 Å². The number of thiophene rings is 1. The molecule has 0 saturated carbocycles. The van der Waals surface area contributed by atoms with Crippen LogP contribution in [-0.2, 0) is 6.54 Å². The first kappa shape index (κ1) is 17.6. The van der Waals surface area contributed by atoms with Gasteiger partial charge in [-0.25, -0.2) is 0 Å². The SMILES string of the molecule is O=C(c1cccs1)n1nc(-c2ccco2)nc1NCc1cccc([N+](=O)[O-])c1. The third kappa shape index (κ3) is 3.53. The number of non-ortho nitro benzene ring substituents is 1. The fourth-order valence-corrected chi connectivity index (χ4v) is 3.19. The number of nitro groups is 1. The number of furan rings is 1. The van der Waals surface area contributed by atoms with Crippen molar-refractivity contribution in [3.05, 3.63) is 80.7 Å². The van der Waals surface area contributed by atoms with E-state index in [2.05, 4.69) is 15.4 Å². The second-order valence-electron chi connectivity index (χ2n) is 5.71. The van der Waals surface area contributed by atoms with Crippen molar-refractivity contribution < 1.29 is 14.1 Å². The maximum Gasteiger partial charge on any atom is 0.291 e. The predicted molar refractivity (Wildman–Crippen MR) is 102 cm³/mol. The molecule has 0 aliphatic carbocycles. The number of nitrogens with one attached hydrogen (secondary N) is 1. The number of aromatic nitrogens is 3. The summed E-state index contributed by atoms with van der Waals surface area (Å²) < 4.78 is 6.48. The third-order valence-electron chi connectivity index (χ3n) is 3.85. The summed E-state index contributed by atoms with van der Waals surface area (Å²) in [6.45, 7) is 0.232. The molecule has 140 valence electrons. The van der Waals surface area contributed by atoms with Crippen molar-refractivity contribution in [2.75, 3.05) is 5.32 Å². The van der Waals surface area contributed by atoms with Crippen molar-refractivity contribution in [1.29, 1.82) is 0 Å². The minimum absolute atomic E-state index is 0.00768. The van der Waals surface area contributed by atoms with Crippen LogP contribution in [0.5, 0.6) is 0 Å². The molecule has 0 saturated heterocycles. The standard InChI is InChI=1S/C18H13N5O4S/c24-17(15-7-3-9-28-15)22-18(20-16(21-22)14-6-2-8-27-14)19-11-12-4-1-5-13(10-12)23(25)26/h1-10H,11H2,(H,19,20,21). The number of rotatable bonds is 6. The van der Waals surface area contributed by atoms with E-state index in [1.54, 1.807) is 41.8 Å². The Kier molecular flexibility index (Phi) is 4.68. The molecule has 0 spiro atoms. The Labute approximate surface area is 162 Å². The Balaban J connectivity index is 1.64. The zero-order valence-electron chi connectivity index (χ0n) is 14.3. The number of anilines is 1. The van der Waals surface area contributed by atoms with Crippen molar-refractivity contribution in [2.45, 2.75) is 6.54 Å². The van der Waals surface area contributed by atoms with Crippen LogP contribution in [0, 0.1) is 10.1 Å². The first-order chi connectivity index (χ1) is 13.6. The van der Waals surface area contributed by atoms with Gasteiger partial charge in [-0.05, 0) is 29.1 Å². The van der Waals surface area contributed by atoms with Gasteiger partial charge in [0, 0.05) is 18.7 Å². The largest absolute Gasteiger partial charge is 0.461 e. The zero-order valence-corrected chi connectivity index (χ0v) is 15.1. The number of benzene rings is 1. The minimum Gasteiger partial charge on any atom is -0.461 e. The van der Waals surface area contributed by atoms with Crippen LogP contribution in [0.25, 0.3) is 11.6 Å². The molecule has 9 nitrogen and oxygen atoms in total. The Bertz CT molecular complexity index is 1120. The van der Waals surface area contributed by atoms with E-state index < -0.39 is 4.92 Å². The highest BCUT2D eigenvalue weighted by molar-refractivity contribution is 7.12. The van der Waals surface area contributed by atoms with E-state index in [1.807, 2.05) is 0 Å². The van der Waals surface area contributed by atoms with Gasteiger partial charge < -0.3 is 9.73 Å². The third-order valence-corrected chi connectivity index (χ3v) is 4.70. The van der Waals surface area contributed by atoms with Crippen LogP contribution in [-0.4, -0.2) is 25.6 Å². The summed E-state index contributed by atoms with van der Waals surface area (Å²) in [7, 11) is 0. The lowest BCUT2D eigenvalue weighted by Crippen LogP contribution is -2.16. The fraction of sp³-hybridized carbons (Fsp3) is 0.0556. The van der Waals surface area contributed by atoms with E-state index in [0.717, 1.165) is 0 Å². The maximum atomic E-state index is 12.8. The van der Waals surface area contributed by atoms with Crippen LogP contribution < -0.4 is 5.32 Å². The lowest BCUT2D eigenvalue weighted by atomic mass is 10.2. The first-order valence-corrected chi connectivity index (χ1v) is 9.06. The van der Waals surface area contributed by atoms with Crippen molar-refractivity contribution in [1.82, 2.24) is 14.8 Å². The van der Waals surface area contributed by atoms with Gasteiger partial charge in [0.1, 0.15) is 0 Å². The summed E-state index contributed by atoms with van der Waals surface area (Å²) in [4.78, 5) is 28.1. The average Bonchev–Trinajstić information content (AvgIpc) is 3.47. The zero-order chi connectivity index (χ0) is 19.5. The minimum atomic E-state index is -0.457. The van der Waals surface area contributed by atoms with E-state index in [4.69, 9.17) is 4.42 Å². The molecule has 1 N–H and O–H groups in total. The molecule has 0 amide bonds. The van der Waals surface area contributed by atoms with Crippen LogP contribution in [0.3, 0.4) is 0 Å². The number of nitro benzene ring substituents is 1. The molecular weight excluding hydrogens is 382 g/mol. The monoisotopic (exact) mass is 395 g/mol. The lowest BCUT2D eigenvalue weighted by molar-refractivity contribution is -0.384. The molecule has 0 fully saturated rings. The predicted octanol–water partition coefficient (Wildman–Crippen LogP) is 3.81. The molecule has 1 aromatic carbocycles. The number of nitrogens with zero attached hydrogens (tertiary/aromatic N) is 4. The maximum absolute atomic E-state index is 12.8. The second-order valence-corrected chi connectivity index (χ2v) is 6.66. The van der Waals surface area contributed by atoms with Gasteiger partial charge in [-0.15, -0.1) is 16.4 Å². The van der Waals surface area contributed by atoms with Crippen LogP contribution in [0.2, 0.25) is 0 Å². The van der Waals surface area contributed by atoms with Gasteiger partial charge >= 0.3 is 0 Å². The van der Waals surface area contributed by atoms with Crippen LogP contribution in [0.1, 0.15) is 15.2 Å². The Morgan fingerprint density at radius 3 is 2.86 bits per heavy atom. The molecule has 10 heteroatoms. The summed E-state index contributed by atoms with van der Waals surface area (Å²) in [6, 6.07) is 13.1. The molecule has 0 unspecified atom stereocenters. The van der Waals surface area contributed by atoms with Gasteiger partial charge in [0.25, 0.3) is 11.6 Å². The van der Waals surface area contributed by atoms with Crippen molar-refractivity contribution >= 4 is 28.9 Å². The molecule has 28 heavy (non-hydrogen) atoms. The quantitative estimate of drug-likeness (QED) is 0.390. The van der Waals surface area contributed by atoms with Gasteiger partial charge in [0.05, 0.1) is 16.1 Å². The van der Waals surface area contributed by atoms with Gasteiger partial charge in [0.15, 0.2) is 5.76 Å². The summed E-state index contributed by atoms with van der Waals surface area (Å²) in [5.74, 6) is 0.575. The highest BCUT2D eigenvalue weighted by Crippen LogP contribution is 2.21. The molecule has 0 radical (unpaired) electrons. The average molecular weight is 395 g/mol. The van der Waals surface area contributed by atoms with Gasteiger partial charge in [0.2, 0.25) is 11.8 Å². The highest BCUT2D eigenvalue weighted by atomic mass is 32.1. The Hall–Kier alpha value is -3.79. The summed E-state index contributed by atoms with van der Waals surface area (Å²) in [6.07, 6.45) is 1.49. The van der Waals surface area contributed by atoms with E-state index in [-0.39, 0.29) is 29.9 Å². The molecule has 0 bridgehead atoms. The van der Waals surface area contributed by atoms with E-state index in [9.17, 15) is 14.9 Å². The highest BCUT2D eigenvalue weighted by Gasteiger charge is 2.20. The van der Waals surface area contributed by atoms with Crippen LogP contribution >= 0.6 is 11.3 Å². The Morgan fingerprint density at radius 2 is 2.14 bits per heavy atom. The molecule has 4 rings (SSSR count). The number of hydrogen-bond acceptors (Lipinski definition) is 8. The lowest BCUT2D eigenvalue weighted by Gasteiger charge is -2.06. The van der Waals surface area contributed by atoms with E-state index >= 15 is 0 Å². The number of carbonyl (C=O) groups excluding carboxylic acids is 1. The normalized spacial score (nSPS) is 10.7. The number of hydrogen-bond donors (Lipinski definition) is 1. The smallest absolute Gasteiger partial charge is 0.291 e. The van der Waals surface area contributed by atoms with E-state index in [1.165, 1.54) is 34.4 Å². The van der Waals surface area contributed by atoms with Crippen molar-refractivity contribution in [3.8, 4) is 11.6 Å². The van der Waals surface area contributed by atoms with Gasteiger partial charge in [-0.3, -0.25) is 14.9 Å². The molecule has 0 aliphatic rings. The van der Waals surface area contributed by atoms with Crippen LogP contribution in [0.4, 0.5) is 11.6 Å². The molecule has 3 aromatic heterocycles. The summed E-state index contributed by atoms with van der Waals surface area (Å²) >= 11 is 1.30. The second kappa shape index (κ2) is 7.45. The number of carbonyl (C=O) groups is 1. The van der Waals surface area contributed by atoms with Crippen molar-refractivity contribution in [2.24, 2.45) is 0 Å². The van der Waals surface area contributed by atoms with Gasteiger partial charge in [-0.1, -0.05) is 18.2 Å².